The summed E-state index contributed by atoms with van der Waals surface area (Å²) < 4.78 is 3.93. The molecule has 90 valence electrons. The van der Waals surface area contributed by atoms with Crippen molar-refractivity contribution in [2.75, 3.05) is 0 Å². The molecule has 0 radical (unpaired) electrons. The molecule has 0 aliphatic rings. The topological polar surface area (TPSA) is 58.9 Å². The number of hydrogen-bond acceptors (Lipinski definition) is 5. The Morgan fingerprint density at radius 3 is 2.76 bits per heavy atom. The van der Waals surface area contributed by atoms with Crippen molar-refractivity contribution in [2.45, 2.75) is 32.8 Å². The highest BCUT2D eigenvalue weighted by molar-refractivity contribution is 7.05. The molecule has 1 atom stereocenters. The van der Waals surface area contributed by atoms with Crippen LogP contribution in [-0.4, -0.2) is 19.7 Å². The molecule has 0 aliphatic heterocycles. The molecule has 0 fully saturated rings. The Morgan fingerprint density at radius 1 is 1.35 bits per heavy atom. The summed E-state index contributed by atoms with van der Waals surface area (Å²) in [7, 11) is 0. The highest BCUT2D eigenvalue weighted by Gasteiger charge is 2.21. The van der Waals surface area contributed by atoms with Crippen molar-refractivity contribution in [2.24, 2.45) is 0 Å². The molecule has 0 saturated heterocycles. The SMILES string of the molecule is Cc1ccncc1C(O)c1snnc1C(C)C. The van der Waals surface area contributed by atoms with Crippen molar-refractivity contribution in [3.63, 3.8) is 0 Å². The second kappa shape index (κ2) is 4.89. The number of aliphatic hydroxyl groups excluding tert-OH is 1. The lowest BCUT2D eigenvalue weighted by Gasteiger charge is -2.13. The Hall–Kier alpha value is -1.33. The quantitative estimate of drug-likeness (QED) is 0.907. The maximum Gasteiger partial charge on any atom is 0.118 e. The number of hydrogen-bond donors (Lipinski definition) is 1. The van der Waals surface area contributed by atoms with Gasteiger partial charge >= 0.3 is 0 Å². The first kappa shape index (κ1) is 12.1. The number of nitrogens with zero attached hydrogens (tertiary/aromatic N) is 3. The van der Waals surface area contributed by atoms with Crippen molar-refractivity contribution in [3.8, 4) is 0 Å². The van der Waals surface area contributed by atoms with Gasteiger partial charge in [-0.1, -0.05) is 18.3 Å². The molecule has 17 heavy (non-hydrogen) atoms. The van der Waals surface area contributed by atoms with E-state index in [1.807, 2.05) is 26.8 Å². The molecule has 5 heteroatoms. The van der Waals surface area contributed by atoms with E-state index in [4.69, 9.17) is 0 Å². The fourth-order valence-corrected chi connectivity index (χ4v) is 2.51. The van der Waals surface area contributed by atoms with Gasteiger partial charge < -0.3 is 5.11 Å². The molecular formula is C12H15N3OS. The fraction of sp³-hybridized carbons (Fsp3) is 0.417. The molecule has 1 N–H and O–H groups in total. The molecule has 1 unspecified atom stereocenters. The van der Waals surface area contributed by atoms with E-state index < -0.39 is 6.10 Å². The second-order valence-electron chi connectivity index (χ2n) is 4.31. The maximum absolute atomic E-state index is 10.4. The van der Waals surface area contributed by atoms with Gasteiger partial charge in [0.05, 0.1) is 10.6 Å². The van der Waals surface area contributed by atoms with E-state index in [1.165, 1.54) is 11.5 Å². The van der Waals surface area contributed by atoms with Crippen LogP contribution < -0.4 is 0 Å². The third-order valence-corrected chi connectivity index (χ3v) is 3.50. The number of aryl methyl sites for hydroxylation is 1. The van der Waals surface area contributed by atoms with Crippen LogP contribution in [0.3, 0.4) is 0 Å². The first-order chi connectivity index (χ1) is 8.11. The highest BCUT2D eigenvalue weighted by Crippen LogP contribution is 2.31. The molecule has 2 aromatic rings. The van der Waals surface area contributed by atoms with E-state index in [1.54, 1.807) is 12.4 Å². The minimum Gasteiger partial charge on any atom is -0.383 e. The summed E-state index contributed by atoms with van der Waals surface area (Å²) in [4.78, 5) is 4.87. The smallest absolute Gasteiger partial charge is 0.118 e. The van der Waals surface area contributed by atoms with Crippen molar-refractivity contribution < 1.29 is 5.11 Å². The lowest BCUT2D eigenvalue weighted by atomic mass is 10.0. The summed E-state index contributed by atoms with van der Waals surface area (Å²) in [5.74, 6) is 0.260. The van der Waals surface area contributed by atoms with Gasteiger partial charge in [-0.25, -0.2) is 0 Å². The summed E-state index contributed by atoms with van der Waals surface area (Å²) in [6.45, 7) is 6.05. The highest BCUT2D eigenvalue weighted by atomic mass is 32.1. The summed E-state index contributed by atoms with van der Waals surface area (Å²) in [6.07, 6.45) is 2.74. The summed E-state index contributed by atoms with van der Waals surface area (Å²) in [5, 5.41) is 14.5. The number of aliphatic hydroxyl groups is 1. The van der Waals surface area contributed by atoms with Gasteiger partial charge in [-0.2, -0.15) is 0 Å². The van der Waals surface area contributed by atoms with Gasteiger partial charge in [0.1, 0.15) is 6.10 Å². The first-order valence-corrected chi connectivity index (χ1v) is 6.29. The number of rotatable bonds is 3. The van der Waals surface area contributed by atoms with Crippen LogP contribution in [0.5, 0.6) is 0 Å². The molecule has 0 amide bonds. The zero-order valence-electron chi connectivity index (χ0n) is 10.1. The molecule has 2 heterocycles. The van der Waals surface area contributed by atoms with Crippen molar-refractivity contribution in [3.05, 3.63) is 40.2 Å². The normalized spacial score (nSPS) is 13.0. The maximum atomic E-state index is 10.4. The zero-order valence-corrected chi connectivity index (χ0v) is 10.9. The Balaban J connectivity index is 2.41. The Kier molecular flexibility index (Phi) is 3.49. The van der Waals surface area contributed by atoms with Crippen molar-refractivity contribution in [1.29, 1.82) is 0 Å². The molecule has 2 aromatic heterocycles. The predicted molar refractivity (Wildman–Crippen MR) is 67.0 cm³/mol. The summed E-state index contributed by atoms with van der Waals surface area (Å²) in [5.41, 5.74) is 2.71. The monoisotopic (exact) mass is 249 g/mol. The van der Waals surface area contributed by atoms with E-state index in [0.29, 0.717) is 0 Å². The zero-order chi connectivity index (χ0) is 12.4. The standard InChI is InChI=1S/C12H15N3OS/c1-7(2)10-12(17-15-14-10)11(16)9-6-13-5-4-8(9)3/h4-7,11,16H,1-3H3. The lowest BCUT2D eigenvalue weighted by Crippen LogP contribution is -2.04. The molecule has 0 aromatic carbocycles. The Labute approximate surface area is 105 Å². The average molecular weight is 249 g/mol. The van der Waals surface area contributed by atoms with Gasteiger partial charge in [0.25, 0.3) is 0 Å². The van der Waals surface area contributed by atoms with Gasteiger partial charge in [-0.3, -0.25) is 4.98 Å². The van der Waals surface area contributed by atoms with Gasteiger partial charge in [-0.15, -0.1) is 5.10 Å². The largest absolute Gasteiger partial charge is 0.383 e. The van der Waals surface area contributed by atoms with Crippen LogP contribution >= 0.6 is 11.5 Å². The van der Waals surface area contributed by atoms with Gasteiger partial charge in [-0.05, 0) is 36.0 Å². The van der Waals surface area contributed by atoms with Gasteiger partial charge in [0, 0.05) is 18.0 Å². The Bertz CT molecular complexity index is 510. The predicted octanol–water partition coefficient (Wildman–Crippen LogP) is 2.45. The van der Waals surface area contributed by atoms with Crippen LogP contribution in [0.2, 0.25) is 0 Å². The molecular weight excluding hydrogens is 234 g/mol. The van der Waals surface area contributed by atoms with E-state index in [2.05, 4.69) is 14.6 Å². The van der Waals surface area contributed by atoms with Crippen LogP contribution in [0.25, 0.3) is 0 Å². The second-order valence-corrected chi connectivity index (χ2v) is 5.10. The van der Waals surface area contributed by atoms with Gasteiger partial charge in [0.15, 0.2) is 0 Å². The third kappa shape index (κ3) is 2.35. The third-order valence-electron chi connectivity index (χ3n) is 2.71. The minimum absolute atomic E-state index is 0.260. The van der Waals surface area contributed by atoms with Crippen LogP contribution in [0.4, 0.5) is 0 Å². The number of aromatic nitrogens is 3. The Morgan fingerprint density at radius 2 is 2.12 bits per heavy atom. The van der Waals surface area contributed by atoms with Gasteiger partial charge in [0.2, 0.25) is 0 Å². The molecule has 0 saturated carbocycles. The van der Waals surface area contributed by atoms with Crippen LogP contribution in [-0.2, 0) is 0 Å². The van der Waals surface area contributed by atoms with Crippen molar-refractivity contribution >= 4 is 11.5 Å². The minimum atomic E-state index is -0.680. The van der Waals surface area contributed by atoms with E-state index in [9.17, 15) is 5.11 Å². The average Bonchev–Trinajstić information content (AvgIpc) is 2.77. The molecule has 0 bridgehead atoms. The number of pyridine rings is 1. The van der Waals surface area contributed by atoms with E-state index >= 15 is 0 Å². The summed E-state index contributed by atoms with van der Waals surface area (Å²) >= 11 is 1.25. The fourth-order valence-electron chi connectivity index (χ4n) is 1.70. The van der Waals surface area contributed by atoms with Crippen LogP contribution in [0.15, 0.2) is 18.5 Å². The van der Waals surface area contributed by atoms with Crippen molar-refractivity contribution in [1.82, 2.24) is 14.6 Å². The lowest BCUT2D eigenvalue weighted by molar-refractivity contribution is 0.221. The van der Waals surface area contributed by atoms with Crippen LogP contribution in [0, 0.1) is 6.92 Å². The molecule has 4 nitrogen and oxygen atoms in total. The van der Waals surface area contributed by atoms with E-state index in [-0.39, 0.29) is 5.92 Å². The van der Waals surface area contributed by atoms with E-state index in [0.717, 1.165) is 21.7 Å². The molecule has 2 rings (SSSR count). The molecule has 0 spiro atoms. The summed E-state index contributed by atoms with van der Waals surface area (Å²) in [6, 6.07) is 1.89. The first-order valence-electron chi connectivity index (χ1n) is 5.52. The van der Waals surface area contributed by atoms with Crippen LogP contribution in [0.1, 0.15) is 47.6 Å². The molecule has 0 aliphatic carbocycles.